The van der Waals surface area contributed by atoms with Crippen LogP contribution < -0.4 is 10.2 Å². The Hall–Kier alpha value is -1.05. The molecule has 1 saturated heterocycles. The molecular formula is C11H12BrN3. The summed E-state index contributed by atoms with van der Waals surface area (Å²) < 4.78 is 0.740. The van der Waals surface area contributed by atoms with E-state index in [0.29, 0.717) is 0 Å². The van der Waals surface area contributed by atoms with E-state index in [0.717, 1.165) is 42.0 Å². The molecule has 1 aromatic rings. The van der Waals surface area contributed by atoms with E-state index in [4.69, 9.17) is 6.42 Å². The summed E-state index contributed by atoms with van der Waals surface area (Å²) in [4.78, 5) is 6.53. The van der Waals surface area contributed by atoms with E-state index in [1.165, 1.54) is 0 Å². The summed E-state index contributed by atoms with van der Waals surface area (Å²) in [6.07, 6.45) is 7.26. The molecule has 2 heterocycles. The first-order chi connectivity index (χ1) is 7.31. The van der Waals surface area contributed by atoms with Crippen molar-refractivity contribution < 1.29 is 0 Å². The summed E-state index contributed by atoms with van der Waals surface area (Å²) in [5, 5.41) is 3.31. The van der Waals surface area contributed by atoms with Crippen LogP contribution in [0.5, 0.6) is 0 Å². The molecule has 1 aliphatic heterocycles. The van der Waals surface area contributed by atoms with Crippen LogP contribution in [-0.2, 0) is 0 Å². The molecule has 0 spiro atoms. The highest BCUT2D eigenvalue weighted by Gasteiger charge is 2.11. The van der Waals surface area contributed by atoms with Crippen molar-refractivity contribution in [3.05, 3.63) is 22.4 Å². The zero-order chi connectivity index (χ0) is 10.7. The van der Waals surface area contributed by atoms with Gasteiger partial charge in [-0.05, 0) is 22.0 Å². The van der Waals surface area contributed by atoms with Crippen molar-refractivity contribution in [3.63, 3.8) is 0 Å². The van der Waals surface area contributed by atoms with Crippen molar-refractivity contribution in [2.45, 2.75) is 0 Å². The molecule has 0 saturated carbocycles. The third-order valence-corrected chi connectivity index (χ3v) is 3.09. The van der Waals surface area contributed by atoms with Crippen molar-refractivity contribution in [3.8, 4) is 12.3 Å². The highest BCUT2D eigenvalue weighted by Crippen LogP contribution is 2.20. The van der Waals surface area contributed by atoms with E-state index < -0.39 is 0 Å². The van der Waals surface area contributed by atoms with Gasteiger partial charge in [-0.3, -0.25) is 0 Å². The molecular weight excluding hydrogens is 254 g/mol. The molecule has 2 rings (SSSR count). The minimum Gasteiger partial charge on any atom is -0.368 e. The van der Waals surface area contributed by atoms with Gasteiger partial charge in [0.15, 0.2) is 0 Å². The number of hydrogen-bond donors (Lipinski definition) is 1. The predicted octanol–water partition coefficient (Wildman–Crippen LogP) is 1.23. The number of rotatable bonds is 1. The van der Waals surface area contributed by atoms with Gasteiger partial charge in [0.05, 0.1) is 17.4 Å². The van der Waals surface area contributed by atoms with Gasteiger partial charge in [-0.25, -0.2) is 4.98 Å². The van der Waals surface area contributed by atoms with E-state index in [1.807, 2.05) is 12.3 Å². The minimum absolute atomic E-state index is 0.740. The zero-order valence-corrected chi connectivity index (χ0v) is 9.92. The summed E-state index contributed by atoms with van der Waals surface area (Å²) in [5.41, 5.74) is 1.92. The molecule has 78 valence electrons. The largest absolute Gasteiger partial charge is 0.368 e. The van der Waals surface area contributed by atoms with E-state index in [-0.39, 0.29) is 0 Å². The lowest BCUT2D eigenvalue weighted by Gasteiger charge is -2.29. The molecule has 1 fully saturated rings. The fourth-order valence-electron chi connectivity index (χ4n) is 1.63. The fourth-order valence-corrected chi connectivity index (χ4v) is 1.97. The Morgan fingerprint density at radius 3 is 2.87 bits per heavy atom. The SMILES string of the molecule is C#Cc1cc(N2CCNCC2)cnc1Br. The van der Waals surface area contributed by atoms with Gasteiger partial charge in [-0.2, -0.15) is 0 Å². The first kappa shape index (κ1) is 10.5. The Morgan fingerprint density at radius 2 is 2.20 bits per heavy atom. The molecule has 1 N–H and O–H groups in total. The van der Waals surface area contributed by atoms with Gasteiger partial charge in [-0.1, -0.05) is 5.92 Å². The number of anilines is 1. The van der Waals surface area contributed by atoms with Crippen LogP contribution in [-0.4, -0.2) is 31.2 Å². The van der Waals surface area contributed by atoms with Crippen molar-refractivity contribution in [1.29, 1.82) is 0 Å². The number of terminal acetylenes is 1. The van der Waals surface area contributed by atoms with E-state index in [9.17, 15) is 0 Å². The highest BCUT2D eigenvalue weighted by atomic mass is 79.9. The summed E-state index contributed by atoms with van der Waals surface area (Å²) in [6, 6.07) is 2.00. The van der Waals surface area contributed by atoms with Crippen LogP contribution in [0.1, 0.15) is 5.56 Å². The summed E-state index contributed by atoms with van der Waals surface area (Å²) >= 11 is 3.33. The highest BCUT2D eigenvalue weighted by molar-refractivity contribution is 9.10. The topological polar surface area (TPSA) is 28.2 Å². The van der Waals surface area contributed by atoms with Crippen LogP contribution in [0.4, 0.5) is 5.69 Å². The molecule has 0 aromatic carbocycles. The Labute approximate surface area is 98.0 Å². The number of nitrogens with zero attached hydrogens (tertiary/aromatic N) is 2. The van der Waals surface area contributed by atoms with Gasteiger partial charge >= 0.3 is 0 Å². The van der Waals surface area contributed by atoms with Gasteiger partial charge in [0.25, 0.3) is 0 Å². The Balaban J connectivity index is 2.25. The molecule has 3 nitrogen and oxygen atoms in total. The maximum Gasteiger partial charge on any atom is 0.121 e. The van der Waals surface area contributed by atoms with E-state index in [1.54, 1.807) is 0 Å². The second-order valence-electron chi connectivity index (χ2n) is 3.41. The van der Waals surface area contributed by atoms with Gasteiger partial charge in [-0.15, -0.1) is 6.42 Å². The summed E-state index contributed by atoms with van der Waals surface area (Å²) in [6.45, 7) is 4.05. The molecule has 0 unspecified atom stereocenters. The average molecular weight is 266 g/mol. The molecule has 15 heavy (non-hydrogen) atoms. The van der Waals surface area contributed by atoms with Crippen LogP contribution in [0.3, 0.4) is 0 Å². The normalized spacial score (nSPS) is 16.1. The molecule has 0 bridgehead atoms. The van der Waals surface area contributed by atoms with Gasteiger partial charge in [0.1, 0.15) is 4.60 Å². The lowest BCUT2D eigenvalue weighted by molar-refractivity contribution is 0.588. The van der Waals surface area contributed by atoms with Crippen molar-refractivity contribution >= 4 is 21.6 Å². The van der Waals surface area contributed by atoms with E-state index >= 15 is 0 Å². The lowest BCUT2D eigenvalue weighted by atomic mass is 10.2. The maximum atomic E-state index is 5.40. The van der Waals surface area contributed by atoms with Crippen LogP contribution in [0, 0.1) is 12.3 Å². The second kappa shape index (κ2) is 4.65. The van der Waals surface area contributed by atoms with Crippen LogP contribution in [0.25, 0.3) is 0 Å². The predicted molar refractivity (Wildman–Crippen MR) is 65.0 cm³/mol. The number of piperazine rings is 1. The van der Waals surface area contributed by atoms with Crippen molar-refractivity contribution in [2.24, 2.45) is 0 Å². The smallest absolute Gasteiger partial charge is 0.121 e. The van der Waals surface area contributed by atoms with Gasteiger partial charge < -0.3 is 10.2 Å². The molecule has 0 aliphatic carbocycles. The number of nitrogens with one attached hydrogen (secondary N) is 1. The van der Waals surface area contributed by atoms with Crippen LogP contribution >= 0.6 is 15.9 Å². The Kier molecular flexibility index (Phi) is 3.24. The number of halogens is 1. The Bertz CT molecular complexity index is 391. The van der Waals surface area contributed by atoms with Crippen molar-refractivity contribution in [2.75, 3.05) is 31.1 Å². The third kappa shape index (κ3) is 2.31. The monoisotopic (exact) mass is 265 g/mol. The Morgan fingerprint density at radius 1 is 1.47 bits per heavy atom. The average Bonchev–Trinajstić information content (AvgIpc) is 2.31. The standard InChI is InChI=1S/C11H12BrN3/c1-2-9-7-10(8-14-11(9)12)15-5-3-13-4-6-15/h1,7-8,13H,3-6H2. The van der Waals surface area contributed by atoms with Crippen molar-refractivity contribution in [1.82, 2.24) is 10.3 Å². The summed E-state index contributed by atoms with van der Waals surface area (Å²) in [5.74, 6) is 2.62. The molecule has 0 atom stereocenters. The zero-order valence-electron chi connectivity index (χ0n) is 8.33. The molecule has 1 aromatic heterocycles. The molecule has 0 radical (unpaired) electrons. The van der Waals surface area contributed by atoms with Crippen LogP contribution in [0.15, 0.2) is 16.9 Å². The quantitative estimate of drug-likeness (QED) is 0.612. The maximum absolute atomic E-state index is 5.40. The number of aromatic nitrogens is 1. The first-order valence-electron chi connectivity index (χ1n) is 4.89. The third-order valence-electron chi connectivity index (χ3n) is 2.46. The summed E-state index contributed by atoms with van der Waals surface area (Å²) in [7, 11) is 0. The number of hydrogen-bond acceptors (Lipinski definition) is 3. The molecule has 0 amide bonds. The van der Waals surface area contributed by atoms with Crippen LogP contribution in [0.2, 0.25) is 0 Å². The number of pyridine rings is 1. The first-order valence-corrected chi connectivity index (χ1v) is 5.68. The van der Waals surface area contributed by atoms with E-state index in [2.05, 4.69) is 37.1 Å². The lowest BCUT2D eigenvalue weighted by Crippen LogP contribution is -2.43. The van der Waals surface area contributed by atoms with Gasteiger partial charge in [0.2, 0.25) is 0 Å². The second-order valence-corrected chi connectivity index (χ2v) is 4.16. The minimum atomic E-state index is 0.740. The molecule has 1 aliphatic rings. The molecule has 4 heteroatoms. The van der Waals surface area contributed by atoms with Gasteiger partial charge in [0, 0.05) is 26.2 Å². The fraction of sp³-hybridized carbons (Fsp3) is 0.364.